The Morgan fingerprint density at radius 3 is 1.97 bits per heavy atom. The van der Waals surface area contributed by atoms with Gasteiger partial charge in [0, 0.05) is 27.0 Å². The van der Waals surface area contributed by atoms with Gasteiger partial charge in [-0.3, -0.25) is 4.79 Å². The highest BCUT2D eigenvalue weighted by molar-refractivity contribution is 7.86. The van der Waals surface area contributed by atoms with Crippen molar-refractivity contribution in [3.8, 4) is 22.3 Å². The van der Waals surface area contributed by atoms with Gasteiger partial charge in [-0.1, -0.05) is 115 Å². The molecule has 0 aliphatic carbocycles. The topological polar surface area (TPSA) is 34.1 Å². The number of aldehydes is 1. The number of hydrogen-bond acceptors (Lipinski definition) is 2. The van der Waals surface area contributed by atoms with E-state index in [0.29, 0.717) is 10.9 Å². The van der Waals surface area contributed by atoms with E-state index in [1.807, 2.05) is 84.9 Å². The summed E-state index contributed by atoms with van der Waals surface area (Å²) in [6, 6.07) is 40.2. The highest BCUT2D eigenvalue weighted by Gasteiger charge is 2.40. The van der Waals surface area contributed by atoms with E-state index < -0.39 is 7.14 Å². The maximum atomic E-state index is 15.8. The van der Waals surface area contributed by atoms with Gasteiger partial charge in [0.1, 0.15) is 0 Å². The lowest BCUT2D eigenvalue weighted by molar-refractivity contribution is 0.112. The van der Waals surface area contributed by atoms with E-state index in [4.69, 9.17) is 0 Å². The van der Waals surface area contributed by atoms with Crippen LogP contribution in [0, 0.1) is 0 Å². The molecule has 1 aliphatic rings. The number of rotatable bonds is 2. The van der Waals surface area contributed by atoms with Crippen LogP contribution < -0.4 is 15.9 Å². The largest absolute Gasteiger partial charge is 0.309 e. The fraction of sp³-hybridized carbons (Fsp3) is 0. The third-order valence-corrected chi connectivity index (χ3v) is 10.5. The molecular weight excluding hydrogens is 459 g/mol. The van der Waals surface area contributed by atoms with Crippen LogP contribution in [0.25, 0.3) is 43.8 Å². The van der Waals surface area contributed by atoms with Crippen LogP contribution in [0.4, 0.5) is 0 Å². The summed E-state index contributed by atoms with van der Waals surface area (Å²) in [5, 5.41) is 6.28. The smallest absolute Gasteiger partial charge is 0.172 e. The maximum absolute atomic E-state index is 15.8. The summed E-state index contributed by atoms with van der Waals surface area (Å²) >= 11 is 0. The van der Waals surface area contributed by atoms with Crippen molar-refractivity contribution >= 4 is 50.9 Å². The van der Waals surface area contributed by atoms with Gasteiger partial charge in [0.05, 0.1) is 0 Å². The second-order valence-corrected chi connectivity index (χ2v) is 11.9. The van der Waals surface area contributed by atoms with Gasteiger partial charge in [-0.25, -0.2) is 0 Å². The Balaban J connectivity index is 1.83. The molecule has 1 heterocycles. The molecule has 2 nitrogen and oxygen atoms in total. The maximum Gasteiger partial charge on any atom is 0.172 e. The predicted molar refractivity (Wildman–Crippen MR) is 151 cm³/mol. The summed E-state index contributed by atoms with van der Waals surface area (Å²) < 4.78 is 15.8. The van der Waals surface area contributed by atoms with Gasteiger partial charge in [0.15, 0.2) is 13.4 Å². The van der Waals surface area contributed by atoms with Gasteiger partial charge >= 0.3 is 0 Å². The summed E-state index contributed by atoms with van der Waals surface area (Å²) in [5.41, 5.74) is 4.39. The predicted octanol–water partition coefficient (Wildman–Crippen LogP) is 7.09. The minimum Gasteiger partial charge on any atom is -0.309 e. The average molecular weight is 481 g/mol. The molecule has 0 amide bonds. The molecule has 36 heavy (non-hydrogen) atoms. The van der Waals surface area contributed by atoms with E-state index >= 15 is 4.57 Å². The molecular formula is C33H21O2P. The van der Waals surface area contributed by atoms with Gasteiger partial charge in [0.2, 0.25) is 0 Å². The molecule has 170 valence electrons. The first-order valence-corrected chi connectivity index (χ1v) is 13.7. The van der Waals surface area contributed by atoms with E-state index in [0.717, 1.165) is 60.7 Å². The number of carbonyl (C=O) groups excluding carboxylic acids is 1. The van der Waals surface area contributed by atoms with Crippen molar-refractivity contribution < 1.29 is 9.36 Å². The Kier molecular flexibility index (Phi) is 4.61. The van der Waals surface area contributed by atoms with Crippen molar-refractivity contribution in [1.82, 2.24) is 0 Å². The Labute approximate surface area is 209 Å². The minimum absolute atomic E-state index is 0.478. The zero-order valence-corrected chi connectivity index (χ0v) is 20.3. The van der Waals surface area contributed by atoms with Crippen LogP contribution in [-0.4, -0.2) is 6.29 Å². The lowest BCUT2D eigenvalue weighted by Gasteiger charge is -2.24. The number of fused-ring (bicyclic) bond motifs is 9. The summed E-state index contributed by atoms with van der Waals surface area (Å²) in [7, 11) is -3.44. The lowest BCUT2D eigenvalue weighted by Crippen LogP contribution is -2.28. The first-order chi connectivity index (χ1) is 17.7. The molecule has 0 fully saturated rings. The van der Waals surface area contributed by atoms with Crippen molar-refractivity contribution in [3.63, 3.8) is 0 Å². The van der Waals surface area contributed by atoms with Crippen molar-refractivity contribution in [2.45, 2.75) is 0 Å². The van der Waals surface area contributed by atoms with Gasteiger partial charge < -0.3 is 4.57 Å². The first-order valence-electron chi connectivity index (χ1n) is 12.0. The lowest BCUT2D eigenvalue weighted by atomic mass is 9.86. The first kappa shape index (κ1) is 21.1. The normalized spacial score (nSPS) is 16.1. The number of carbonyl (C=O) groups is 1. The van der Waals surface area contributed by atoms with E-state index in [-0.39, 0.29) is 0 Å². The third-order valence-electron chi connectivity index (χ3n) is 7.33. The van der Waals surface area contributed by atoms with E-state index in [9.17, 15) is 4.79 Å². The van der Waals surface area contributed by atoms with E-state index in [1.165, 1.54) is 0 Å². The fourth-order valence-electron chi connectivity index (χ4n) is 5.81. The minimum atomic E-state index is -3.44. The van der Waals surface area contributed by atoms with Crippen LogP contribution in [-0.2, 0) is 4.57 Å². The molecule has 1 atom stereocenters. The molecule has 6 aromatic carbocycles. The van der Waals surface area contributed by atoms with E-state index in [2.05, 4.69) is 36.4 Å². The van der Waals surface area contributed by atoms with Crippen molar-refractivity contribution in [3.05, 3.63) is 127 Å². The van der Waals surface area contributed by atoms with Crippen molar-refractivity contribution in [1.29, 1.82) is 0 Å². The van der Waals surface area contributed by atoms with Crippen LogP contribution in [0.3, 0.4) is 0 Å². The second kappa shape index (κ2) is 7.88. The SMILES string of the molecule is O=Cc1cc2ccccc2c2c1P(=O)(c1ccccc1)c1ccccc1-c1ccc3ccccc3c1-2. The molecule has 0 bridgehead atoms. The van der Waals surface area contributed by atoms with Gasteiger partial charge in [-0.2, -0.15) is 0 Å². The van der Waals surface area contributed by atoms with Gasteiger partial charge in [0.25, 0.3) is 0 Å². The number of hydrogen-bond donors (Lipinski definition) is 0. The number of benzene rings is 6. The van der Waals surface area contributed by atoms with Crippen LogP contribution in [0.5, 0.6) is 0 Å². The van der Waals surface area contributed by atoms with Crippen LogP contribution in [0.1, 0.15) is 10.4 Å². The van der Waals surface area contributed by atoms with Crippen LogP contribution in [0.15, 0.2) is 121 Å². The average Bonchev–Trinajstić information content (AvgIpc) is 3.05. The zero-order valence-electron chi connectivity index (χ0n) is 19.4. The quantitative estimate of drug-likeness (QED) is 0.196. The van der Waals surface area contributed by atoms with Crippen molar-refractivity contribution in [2.75, 3.05) is 0 Å². The van der Waals surface area contributed by atoms with Crippen LogP contribution in [0.2, 0.25) is 0 Å². The molecule has 0 aromatic heterocycles. The molecule has 0 radical (unpaired) electrons. The van der Waals surface area contributed by atoms with E-state index in [1.54, 1.807) is 0 Å². The van der Waals surface area contributed by atoms with Gasteiger partial charge in [-0.05, 0) is 44.3 Å². The standard InChI is InChI=1S/C33H21O2P/c34-21-24-20-23-11-5-7-15-27(23)32-31-26-14-6-4-10-22(26)18-19-29(31)28-16-8-9-17-30(28)36(35,33(24)32)25-12-2-1-3-13-25/h1-21H. The molecule has 1 unspecified atom stereocenters. The molecule has 0 saturated heterocycles. The van der Waals surface area contributed by atoms with Crippen molar-refractivity contribution in [2.24, 2.45) is 0 Å². The highest BCUT2D eigenvalue weighted by Crippen LogP contribution is 2.55. The highest BCUT2D eigenvalue weighted by atomic mass is 31.2. The molecule has 0 spiro atoms. The molecule has 0 N–H and O–H groups in total. The summed E-state index contributed by atoms with van der Waals surface area (Å²) in [6.45, 7) is 0. The Bertz CT molecular complexity index is 1890. The molecule has 6 aromatic rings. The molecule has 0 saturated carbocycles. The fourth-order valence-corrected chi connectivity index (χ4v) is 9.04. The second-order valence-electron chi connectivity index (χ2n) is 9.20. The monoisotopic (exact) mass is 480 g/mol. The third kappa shape index (κ3) is 2.80. The summed E-state index contributed by atoms with van der Waals surface area (Å²) in [4.78, 5) is 12.7. The Morgan fingerprint density at radius 2 is 1.19 bits per heavy atom. The van der Waals surface area contributed by atoms with Gasteiger partial charge in [-0.15, -0.1) is 0 Å². The molecule has 1 aliphatic heterocycles. The molecule has 7 rings (SSSR count). The van der Waals surface area contributed by atoms with Crippen LogP contribution >= 0.6 is 7.14 Å². The zero-order chi connectivity index (χ0) is 24.3. The Morgan fingerprint density at radius 1 is 0.556 bits per heavy atom. The summed E-state index contributed by atoms with van der Waals surface area (Å²) in [5.74, 6) is 0. The summed E-state index contributed by atoms with van der Waals surface area (Å²) in [6.07, 6.45) is 0.875. The Hall–Kier alpha value is -4.26. The molecule has 3 heteroatoms.